The highest BCUT2D eigenvalue weighted by atomic mass is 14.2. The van der Waals surface area contributed by atoms with Crippen LogP contribution in [0.5, 0.6) is 0 Å². The van der Waals surface area contributed by atoms with Crippen LogP contribution in [-0.4, -0.2) is 0 Å². The molecule has 0 heterocycles. The summed E-state index contributed by atoms with van der Waals surface area (Å²) in [5, 5.41) is 8.83. The molecule has 0 unspecified atom stereocenters. The Morgan fingerprint density at radius 1 is 0.810 bits per heavy atom. The molecule has 0 bridgehead atoms. The molecule has 104 valence electrons. The molecule has 0 fully saturated rings. The minimum atomic E-state index is 0.691. The molecule has 0 aromatic heterocycles. The number of allylic oxidation sites excluding steroid dienone is 4. The minimum absolute atomic E-state index is 0.691. The van der Waals surface area contributed by atoms with Gasteiger partial charge in [-0.15, -0.1) is 0 Å². The lowest BCUT2D eigenvalue weighted by atomic mass is 10.00. The average molecular weight is 273 g/mol. The van der Waals surface area contributed by atoms with Crippen molar-refractivity contribution in [1.29, 1.82) is 5.26 Å². The van der Waals surface area contributed by atoms with Crippen molar-refractivity contribution in [2.45, 2.75) is 20.8 Å². The van der Waals surface area contributed by atoms with Crippen LogP contribution in [0, 0.1) is 11.3 Å². The molecule has 0 N–H and O–H groups in total. The lowest BCUT2D eigenvalue weighted by molar-refractivity contribution is 1.39. The zero-order valence-electron chi connectivity index (χ0n) is 12.7. The van der Waals surface area contributed by atoms with E-state index >= 15 is 0 Å². The molecular weight excluding hydrogens is 254 g/mol. The Bertz CT molecular complexity index is 704. The molecule has 0 aliphatic rings. The molecule has 0 saturated heterocycles. The van der Waals surface area contributed by atoms with E-state index in [2.05, 4.69) is 63.3 Å². The Balaban J connectivity index is 2.24. The minimum Gasteiger partial charge on any atom is -0.192 e. The molecule has 1 heteroatoms. The van der Waals surface area contributed by atoms with Gasteiger partial charge in [0.05, 0.1) is 11.6 Å². The van der Waals surface area contributed by atoms with E-state index in [4.69, 9.17) is 5.26 Å². The third-order valence-electron chi connectivity index (χ3n) is 3.35. The molecule has 1 nitrogen and oxygen atoms in total. The van der Waals surface area contributed by atoms with Crippen molar-refractivity contribution >= 4 is 5.57 Å². The molecule has 0 aliphatic carbocycles. The lowest BCUT2D eigenvalue weighted by Gasteiger charge is -2.05. The predicted octanol–water partition coefficient (Wildman–Crippen LogP) is 5.59. The largest absolute Gasteiger partial charge is 0.192 e. The van der Waals surface area contributed by atoms with E-state index < -0.39 is 0 Å². The van der Waals surface area contributed by atoms with Crippen LogP contribution < -0.4 is 0 Å². The van der Waals surface area contributed by atoms with E-state index in [9.17, 15) is 0 Å². The first kappa shape index (κ1) is 14.8. The van der Waals surface area contributed by atoms with Gasteiger partial charge in [-0.3, -0.25) is 0 Å². The maximum atomic E-state index is 8.83. The molecule has 0 radical (unpaired) electrons. The Morgan fingerprint density at radius 3 is 1.81 bits per heavy atom. The Hall–Kier alpha value is -2.59. The SMILES string of the molecule is CC(C)=CC=C(C)c1ccc(-c2ccc(C#N)cc2)cc1. The summed E-state index contributed by atoms with van der Waals surface area (Å²) in [6.45, 7) is 6.31. The standard InChI is InChI=1S/C20H19N/c1-15(2)4-5-16(3)18-10-12-20(13-11-18)19-8-6-17(14-21)7-9-19/h4-13H,1-3H3. The highest BCUT2D eigenvalue weighted by molar-refractivity contribution is 5.70. The van der Waals surface area contributed by atoms with Crippen molar-refractivity contribution in [2.24, 2.45) is 0 Å². The van der Waals surface area contributed by atoms with Gasteiger partial charge >= 0.3 is 0 Å². The second-order valence-corrected chi connectivity index (χ2v) is 5.36. The fourth-order valence-electron chi connectivity index (χ4n) is 2.05. The van der Waals surface area contributed by atoms with E-state index in [-0.39, 0.29) is 0 Å². The molecular formula is C20H19N. The van der Waals surface area contributed by atoms with Crippen molar-refractivity contribution in [2.75, 3.05) is 0 Å². The van der Waals surface area contributed by atoms with E-state index in [1.54, 1.807) is 0 Å². The first-order chi connectivity index (χ1) is 10.1. The number of hydrogen-bond acceptors (Lipinski definition) is 1. The first-order valence-electron chi connectivity index (χ1n) is 7.03. The van der Waals surface area contributed by atoms with Crippen LogP contribution in [0.2, 0.25) is 0 Å². The van der Waals surface area contributed by atoms with Gasteiger partial charge in [-0.2, -0.15) is 5.26 Å². The van der Waals surface area contributed by atoms with Crippen molar-refractivity contribution in [1.82, 2.24) is 0 Å². The van der Waals surface area contributed by atoms with Crippen LogP contribution in [0.25, 0.3) is 16.7 Å². The van der Waals surface area contributed by atoms with Gasteiger partial charge in [0.1, 0.15) is 0 Å². The Labute approximate surface area is 126 Å². The summed E-state index contributed by atoms with van der Waals surface area (Å²) in [5.74, 6) is 0. The monoisotopic (exact) mass is 273 g/mol. The zero-order chi connectivity index (χ0) is 15.2. The fraction of sp³-hybridized carbons (Fsp3) is 0.150. The number of nitriles is 1. The van der Waals surface area contributed by atoms with E-state index in [1.165, 1.54) is 22.3 Å². The maximum Gasteiger partial charge on any atom is 0.0991 e. The van der Waals surface area contributed by atoms with Gasteiger partial charge in [-0.1, -0.05) is 54.1 Å². The normalized spacial score (nSPS) is 10.9. The number of nitrogens with zero attached hydrogens (tertiary/aromatic N) is 1. The van der Waals surface area contributed by atoms with Gasteiger partial charge in [0.2, 0.25) is 0 Å². The summed E-state index contributed by atoms with van der Waals surface area (Å²) in [4.78, 5) is 0. The second kappa shape index (κ2) is 6.72. The average Bonchev–Trinajstić information content (AvgIpc) is 2.53. The molecule has 21 heavy (non-hydrogen) atoms. The zero-order valence-corrected chi connectivity index (χ0v) is 12.7. The van der Waals surface area contributed by atoms with Gasteiger partial charge in [-0.25, -0.2) is 0 Å². The molecule has 0 spiro atoms. The Morgan fingerprint density at radius 2 is 1.33 bits per heavy atom. The molecule has 0 aliphatic heterocycles. The van der Waals surface area contributed by atoms with Crippen LogP contribution in [0.3, 0.4) is 0 Å². The highest BCUT2D eigenvalue weighted by Gasteiger charge is 1.99. The van der Waals surface area contributed by atoms with Gasteiger partial charge in [0.25, 0.3) is 0 Å². The maximum absolute atomic E-state index is 8.83. The Kier molecular flexibility index (Phi) is 4.74. The van der Waals surface area contributed by atoms with Gasteiger partial charge < -0.3 is 0 Å². The molecule has 0 atom stereocenters. The van der Waals surface area contributed by atoms with Crippen LogP contribution in [0.4, 0.5) is 0 Å². The van der Waals surface area contributed by atoms with Gasteiger partial charge in [0.15, 0.2) is 0 Å². The van der Waals surface area contributed by atoms with Crippen LogP contribution >= 0.6 is 0 Å². The van der Waals surface area contributed by atoms with Gasteiger partial charge in [-0.05, 0) is 55.2 Å². The van der Waals surface area contributed by atoms with Crippen molar-refractivity contribution in [3.63, 3.8) is 0 Å². The van der Waals surface area contributed by atoms with E-state index in [0.717, 1.165) is 5.56 Å². The van der Waals surface area contributed by atoms with E-state index in [0.29, 0.717) is 5.56 Å². The molecule has 2 rings (SSSR count). The first-order valence-corrected chi connectivity index (χ1v) is 7.03. The quantitative estimate of drug-likeness (QED) is 0.668. The predicted molar refractivity (Wildman–Crippen MR) is 89.7 cm³/mol. The summed E-state index contributed by atoms with van der Waals surface area (Å²) in [6.07, 6.45) is 4.27. The van der Waals surface area contributed by atoms with Crippen LogP contribution in [0.1, 0.15) is 31.9 Å². The summed E-state index contributed by atoms with van der Waals surface area (Å²) >= 11 is 0. The van der Waals surface area contributed by atoms with E-state index in [1.807, 2.05) is 24.3 Å². The summed E-state index contributed by atoms with van der Waals surface area (Å²) in [5.41, 5.74) is 6.76. The fourth-order valence-corrected chi connectivity index (χ4v) is 2.05. The summed E-state index contributed by atoms with van der Waals surface area (Å²) in [7, 11) is 0. The topological polar surface area (TPSA) is 23.8 Å². The molecule has 0 amide bonds. The molecule has 2 aromatic rings. The molecule has 2 aromatic carbocycles. The van der Waals surface area contributed by atoms with Crippen molar-refractivity contribution < 1.29 is 0 Å². The number of rotatable bonds is 3. The van der Waals surface area contributed by atoms with Gasteiger partial charge in [0, 0.05) is 0 Å². The second-order valence-electron chi connectivity index (χ2n) is 5.36. The highest BCUT2D eigenvalue weighted by Crippen LogP contribution is 2.23. The lowest BCUT2D eigenvalue weighted by Crippen LogP contribution is -1.82. The van der Waals surface area contributed by atoms with Crippen molar-refractivity contribution in [3.8, 4) is 17.2 Å². The molecule has 0 saturated carbocycles. The number of benzene rings is 2. The third-order valence-corrected chi connectivity index (χ3v) is 3.35. The smallest absolute Gasteiger partial charge is 0.0991 e. The third kappa shape index (κ3) is 3.94. The van der Waals surface area contributed by atoms with Crippen molar-refractivity contribution in [3.05, 3.63) is 77.4 Å². The van der Waals surface area contributed by atoms with Crippen LogP contribution in [0.15, 0.2) is 66.3 Å². The summed E-state index contributed by atoms with van der Waals surface area (Å²) < 4.78 is 0. The summed E-state index contributed by atoms with van der Waals surface area (Å²) in [6, 6.07) is 18.3. The number of hydrogen-bond donors (Lipinski definition) is 0. The van der Waals surface area contributed by atoms with Crippen LogP contribution in [-0.2, 0) is 0 Å².